The summed E-state index contributed by atoms with van der Waals surface area (Å²) in [6.07, 6.45) is 1.90. The van der Waals surface area contributed by atoms with E-state index in [4.69, 9.17) is 4.52 Å². The van der Waals surface area contributed by atoms with Crippen LogP contribution in [0, 0.1) is 13.8 Å². The van der Waals surface area contributed by atoms with Crippen molar-refractivity contribution >= 4 is 11.6 Å². The molecule has 1 fully saturated rings. The van der Waals surface area contributed by atoms with Crippen LogP contribution in [0.25, 0.3) is 0 Å². The lowest BCUT2D eigenvalue weighted by Crippen LogP contribution is -2.44. The molecule has 0 radical (unpaired) electrons. The van der Waals surface area contributed by atoms with Gasteiger partial charge in [0.25, 0.3) is 5.91 Å². The van der Waals surface area contributed by atoms with Crippen molar-refractivity contribution in [2.45, 2.75) is 32.7 Å². The fraction of sp³-hybridized carbons (Fsp3) is 0.412. The summed E-state index contributed by atoms with van der Waals surface area (Å²) in [6, 6.07) is 10.6. The van der Waals surface area contributed by atoms with E-state index in [1.165, 1.54) is 5.69 Å². The smallest absolute Gasteiger partial charge is 0.257 e. The van der Waals surface area contributed by atoms with Gasteiger partial charge < -0.3 is 14.7 Å². The van der Waals surface area contributed by atoms with Crippen LogP contribution in [-0.4, -0.2) is 30.2 Å². The highest BCUT2D eigenvalue weighted by Gasteiger charge is 2.24. The van der Waals surface area contributed by atoms with Crippen molar-refractivity contribution in [3.63, 3.8) is 0 Å². The molecule has 5 heteroatoms. The predicted molar refractivity (Wildman–Crippen MR) is 85.1 cm³/mol. The molecule has 0 aliphatic carbocycles. The fourth-order valence-electron chi connectivity index (χ4n) is 2.99. The van der Waals surface area contributed by atoms with Crippen LogP contribution < -0.4 is 10.2 Å². The lowest BCUT2D eigenvalue weighted by molar-refractivity contribution is 0.0929. The van der Waals surface area contributed by atoms with Crippen molar-refractivity contribution in [3.05, 3.63) is 47.3 Å². The maximum atomic E-state index is 12.3. The van der Waals surface area contributed by atoms with E-state index in [-0.39, 0.29) is 11.9 Å². The van der Waals surface area contributed by atoms with Crippen molar-refractivity contribution in [2.24, 2.45) is 0 Å². The highest BCUT2D eigenvalue weighted by molar-refractivity contribution is 5.96. The van der Waals surface area contributed by atoms with Gasteiger partial charge in [0, 0.05) is 24.8 Å². The van der Waals surface area contributed by atoms with Gasteiger partial charge in [0.1, 0.15) is 11.3 Å². The number of rotatable bonds is 3. The molecule has 0 bridgehead atoms. The van der Waals surface area contributed by atoms with Crippen LogP contribution in [0.1, 0.15) is 34.7 Å². The van der Waals surface area contributed by atoms with Crippen LogP contribution in [-0.2, 0) is 0 Å². The van der Waals surface area contributed by atoms with Crippen molar-refractivity contribution in [1.82, 2.24) is 10.5 Å². The van der Waals surface area contributed by atoms with Gasteiger partial charge in [0.2, 0.25) is 0 Å². The molecule has 1 aromatic carbocycles. The summed E-state index contributed by atoms with van der Waals surface area (Å²) in [5.41, 5.74) is 2.47. The first kappa shape index (κ1) is 14.6. The Morgan fingerprint density at radius 1 is 1.23 bits per heavy atom. The maximum Gasteiger partial charge on any atom is 0.257 e. The third kappa shape index (κ3) is 2.98. The van der Waals surface area contributed by atoms with E-state index >= 15 is 0 Å². The number of hydrogen-bond acceptors (Lipinski definition) is 4. The molecule has 3 rings (SSSR count). The van der Waals surface area contributed by atoms with Crippen LogP contribution in [0.15, 0.2) is 34.9 Å². The molecule has 0 saturated carbocycles. The van der Waals surface area contributed by atoms with Crippen molar-refractivity contribution in [3.8, 4) is 0 Å². The van der Waals surface area contributed by atoms with Crippen molar-refractivity contribution in [1.29, 1.82) is 0 Å². The Morgan fingerprint density at radius 2 is 1.91 bits per heavy atom. The molecule has 0 unspecified atom stereocenters. The van der Waals surface area contributed by atoms with Gasteiger partial charge in [-0.25, -0.2) is 0 Å². The first-order valence-electron chi connectivity index (χ1n) is 7.69. The SMILES string of the molecule is Cc1noc(C)c1C(=O)NC1CCN(c2ccccc2)CC1. The number of nitrogens with zero attached hydrogens (tertiary/aromatic N) is 2. The van der Waals surface area contributed by atoms with E-state index in [1.54, 1.807) is 13.8 Å². The molecular weight excluding hydrogens is 278 g/mol. The zero-order valence-corrected chi connectivity index (χ0v) is 13.0. The zero-order valence-electron chi connectivity index (χ0n) is 13.0. The third-order valence-electron chi connectivity index (χ3n) is 4.21. The van der Waals surface area contributed by atoms with Gasteiger partial charge in [0.15, 0.2) is 0 Å². The Balaban J connectivity index is 1.57. The second-order valence-electron chi connectivity index (χ2n) is 5.77. The average Bonchev–Trinajstić information content (AvgIpc) is 2.88. The minimum Gasteiger partial charge on any atom is -0.371 e. The fourth-order valence-corrected chi connectivity index (χ4v) is 2.99. The van der Waals surface area contributed by atoms with Gasteiger partial charge in [0.05, 0.1) is 5.69 Å². The number of anilines is 1. The van der Waals surface area contributed by atoms with E-state index < -0.39 is 0 Å². The Kier molecular flexibility index (Phi) is 4.13. The van der Waals surface area contributed by atoms with Crippen LogP contribution in [0.4, 0.5) is 5.69 Å². The molecule has 2 heterocycles. The summed E-state index contributed by atoms with van der Waals surface area (Å²) in [5, 5.41) is 6.95. The molecule has 1 amide bonds. The standard InChI is InChI=1S/C17H21N3O2/c1-12-16(13(2)22-19-12)17(21)18-14-8-10-20(11-9-14)15-6-4-3-5-7-15/h3-7,14H,8-11H2,1-2H3,(H,18,21). The number of para-hydroxylation sites is 1. The quantitative estimate of drug-likeness (QED) is 0.946. The summed E-state index contributed by atoms with van der Waals surface area (Å²) in [4.78, 5) is 14.7. The molecule has 2 aromatic rings. The van der Waals surface area contributed by atoms with Crippen LogP contribution in [0.5, 0.6) is 0 Å². The third-order valence-corrected chi connectivity index (χ3v) is 4.21. The number of piperidine rings is 1. The summed E-state index contributed by atoms with van der Waals surface area (Å²) >= 11 is 0. The highest BCUT2D eigenvalue weighted by atomic mass is 16.5. The maximum absolute atomic E-state index is 12.3. The van der Waals surface area contributed by atoms with E-state index in [0.717, 1.165) is 25.9 Å². The predicted octanol–water partition coefficient (Wildman–Crippen LogP) is 2.69. The lowest BCUT2D eigenvalue weighted by Gasteiger charge is -2.34. The minimum absolute atomic E-state index is 0.0746. The van der Waals surface area contributed by atoms with Gasteiger partial charge in [-0.2, -0.15) is 0 Å². The van der Waals surface area contributed by atoms with Crippen molar-refractivity contribution < 1.29 is 9.32 Å². The van der Waals surface area contributed by atoms with Gasteiger partial charge in [-0.1, -0.05) is 23.4 Å². The molecule has 116 valence electrons. The summed E-state index contributed by atoms with van der Waals surface area (Å²) in [6.45, 7) is 5.48. The van der Waals surface area contributed by atoms with E-state index in [2.05, 4.69) is 39.6 Å². The molecule has 1 aliphatic rings. The number of nitrogens with one attached hydrogen (secondary N) is 1. The highest BCUT2D eigenvalue weighted by Crippen LogP contribution is 2.20. The second-order valence-corrected chi connectivity index (χ2v) is 5.77. The molecule has 1 N–H and O–H groups in total. The minimum atomic E-state index is -0.0746. The van der Waals surface area contributed by atoms with Gasteiger partial charge in [-0.05, 0) is 38.8 Å². The summed E-state index contributed by atoms with van der Waals surface area (Å²) in [7, 11) is 0. The van der Waals surface area contributed by atoms with Gasteiger partial charge in [-0.3, -0.25) is 4.79 Å². The van der Waals surface area contributed by atoms with Gasteiger partial charge in [-0.15, -0.1) is 0 Å². The lowest BCUT2D eigenvalue weighted by atomic mass is 10.0. The normalized spacial score (nSPS) is 15.8. The molecule has 1 aliphatic heterocycles. The number of carbonyl (C=O) groups excluding carboxylic acids is 1. The number of aryl methyl sites for hydroxylation is 2. The second kappa shape index (κ2) is 6.22. The Hall–Kier alpha value is -2.30. The molecular formula is C17H21N3O2. The Bertz CT molecular complexity index is 624. The molecule has 1 aromatic heterocycles. The topological polar surface area (TPSA) is 58.4 Å². The molecule has 1 saturated heterocycles. The monoisotopic (exact) mass is 299 g/mol. The molecule has 0 spiro atoms. The Morgan fingerprint density at radius 3 is 2.50 bits per heavy atom. The van der Waals surface area contributed by atoms with Gasteiger partial charge >= 0.3 is 0 Å². The number of benzene rings is 1. The zero-order chi connectivity index (χ0) is 15.5. The number of carbonyl (C=O) groups is 1. The van der Waals surface area contributed by atoms with E-state index in [9.17, 15) is 4.79 Å². The van der Waals surface area contributed by atoms with Crippen LogP contribution in [0.3, 0.4) is 0 Å². The van der Waals surface area contributed by atoms with Crippen molar-refractivity contribution in [2.75, 3.05) is 18.0 Å². The first-order valence-corrected chi connectivity index (χ1v) is 7.69. The largest absolute Gasteiger partial charge is 0.371 e. The van der Waals surface area contributed by atoms with Crippen LogP contribution in [0.2, 0.25) is 0 Å². The Labute approximate surface area is 130 Å². The van der Waals surface area contributed by atoms with Crippen LogP contribution >= 0.6 is 0 Å². The molecule has 22 heavy (non-hydrogen) atoms. The number of hydrogen-bond donors (Lipinski definition) is 1. The first-order chi connectivity index (χ1) is 10.6. The summed E-state index contributed by atoms with van der Waals surface area (Å²) < 4.78 is 5.06. The molecule has 5 nitrogen and oxygen atoms in total. The summed E-state index contributed by atoms with van der Waals surface area (Å²) in [5.74, 6) is 0.506. The van der Waals surface area contributed by atoms with E-state index in [0.29, 0.717) is 17.0 Å². The van der Waals surface area contributed by atoms with E-state index in [1.807, 2.05) is 6.07 Å². The molecule has 0 atom stereocenters. The number of aromatic nitrogens is 1. The number of amides is 1. The average molecular weight is 299 g/mol.